The minimum atomic E-state index is 0.184. The highest BCUT2D eigenvalue weighted by atomic mass is 16.1. The summed E-state index contributed by atoms with van der Waals surface area (Å²) in [5.74, 6) is 0.184. The Bertz CT molecular complexity index is 597. The number of carbonyl (C=O) groups is 1. The molecular weight excluding hydrogens is 284 g/mol. The lowest BCUT2D eigenvalue weighted by molar-refractivity contribution is -0.118. The largest absolute Gasteiger partial charge is 0.348 e. The molecule has 4 rings (SSSR count). The van der Waals surface area contributed by atoms with Crippen LogP contribution in [0.1, 0.15) is 43.2 Å². The van der Waals surface area contributed by atoms with Crippen LogP contribution in [-0.2, 0) is 17.6 Å². The Labute approximate surface area is 138 Å². The highest BCUT2D eigenvalue weighted by Crippen LogP contribution is 2.27. The molecule has 3 aliphatic rings. The lowest BCUT2D eigenvalue weighted by atomic mass is 10.0. The molecule has 1 N–H and O–H groups in total. The standard InChI is InChI=1S/C20H26N2O/c23-20(15-6-1-2-7-15)21-18-10-5-11-22(14-18)19-12-16-8-3-4-9-17(16)13-19/h3-4,6,8-9,18-19H,1-2,5,7,10-14H2,(H,21,23)/t18-/m0/s1. The molecule has 0 aromatic heterocycles. The van der Waals surface area contributed by atoms with Gasteiger partial charge in [0.05, 0.1) is 0 Å². The lowest BCUT2D eigenvalue weighted by Crippen LogP contribution is -2.51. The van der Waals surface area contributed by atoms with E-state index in [-0.39, 0.29) is 5.91 Å². The Balaban J connectivity index is 1.35. The van der Waals surface area contributed by atoms with Crippen LogP contribution in [0.25, 0.3) is 0 Å². The molecule has 1 aliphatic heterocycles. The van der Waals surface area contributed by atoms with Crippen LogP contribution in [0.15, 0.2) is 35.9 Å². The number of benzene rings is 1. The molecule has 1 saturated heterocycles. The topological polar surface area (TPSA) is 32.3 Å². The summed E-state index contributed by atoms with van der Waals surface area (Å²) in [6.07, 6.45) is 9.93. The summed E-state index contributed by atoms with van der Waals surface area (Å²) < 4.78 is 0. The number of nitrogens with one attached hydrogen (secondary N) is 1. The Morgan fingerprint density at radius 3 is 2.61 bits per heavy atom. The zero-order valence-corrected chi connectivity index (χ0v) is 13.8. The van der Waals surface area contributed by atoms with Gasteiger partial charge in [-0.1, -0.05) is 30.3 Å². The number of nitrogens with zero attached hydrogens (tertiary/aromatic N) is 1. The normalized spacial score (nSPS) is 25.2. The van der Waals surface area contributed by atoms with Crippen LogP contribution < -0.4 is 5.32 Å². The van der Waals surface area contributed by atoms with Gasteiger partial charge in [0.15, 0.2) is 0 Å². The first-order chi connectivity index (χ1) is 11.3. The van der Waals surface area contributed by atoms with Crippen molar-refractivity contribution < 1.29 is 4.79 Å². The molecule has 1 fully saturated rings. The molecule has 122 valence electrons. The van der Waals surface area contributed by atoms with Gasteiger partial charge in [-0.25, -0.2) is 0 Å². The fourth-order valence-corrected chi connectivity index (χ4v) is 4.40. The number of piperidine rings is 1. The van der Waals surface area contributed by atoms with Crippen molar-refractivity contribution in [2.45, 2.75) is 57.0 Å². The fourth-order valence-electron chi connectivity index (χ4n) is 4.40. The third-order valence-electron chi connectivity index (χ3n) is 5.67. The zero-order chi connectivity index (χ0) is 15.6. The van der Waals surface area contributed by atoms with E-state index in [4.69, 9.17) is 0 Å². The average molecular weight is 310 g/mol. The van der Waals surface area contributed by atoms with E-state index in [9.17, 15) is 4.79 Å². The van der Waals surface area contributed by atoms with Crippen molar-refractivity contribution in [2.75, 3.05) is 13.1 Å². The molecular formula is C20H26N2O. The first-order valence-corrected chi connectivity index (χ1v) is 9.10. The molecule has 0 saturated carbocycles. The Morgan fingerprint density at radius 1 is 1.13 bits per heavy atom. The van der Waals surface area contributed by atoms with Crippen molar-refractivity contribution in [3.8, 4) is 0 Å². The summed E-state index contributed by atoms with van der Waals surface area (Å²) in [5.41, 5.74) is 4.04. The Hall–Kier alpha value is -1.61. The van der Waals surface area contributed by atoms with Crippen molar-refractivity contribution in [1.82, 2.24) is 10.2 Å². The zero-order valence-electron chi connectivity index (χ0n) is 13.8. The van der Waals surface area contributed by atoms with Crippen LogP contribution in [0.4, 0.5) is 0 Å². The SMILES string of the molecule is O=C(N[C@H]1CCCN(C2Cc3ccccc3C2)C1)C1=CCCC1. The smallest absolute Gasteiger partial charge is 0.247 e. The molecule has 1 heterocycles. The lowest BCUT2D eigenvalue weighted by Gasteiger charge is -2.37. The third-order valence-corrected chi connectivity index (χ3v) is 5.67. The predicted octanol–water partition coefficient (Wildman–Crippen LogP) is 2.84. The van der Waals surface area contributed by atoms with Gasteiger partial charge in [0.2, 0.25) is 5.91 Å². The number of amides is 1. The van der Waals surface area contributed by atoms with E-state index >= 15 is 0 Å². The number of likely N-dealkylation sites (tertiary alicyclic amines) is 1. The number of rotatable bonds is 3. The van der Waals surface area contributed by atoms with Crippen molar-refractivity contribution in [3.05, 3.63) is 47.0 Å². The van der Waals surface area contributed by atoms with E-state index < -0.39 is 0 Å². The Morgan fingerprint density at radius 2 is 1.91 bits per heavy atom. The molecule has 23 heavy (non-hydrogen) atoms. The number of hydrogen-bond acceptors (Lipinski definition) is 2. The minimum absolute atomic E-state index is 0.184. The highest BCUT2D eigenvalue weighted by molar-refractivity contribution is 5.93. The number of allylic oxidation sites excluding steroid dienone is 1. The van der Waals surface area contributed by atoms with Crippen molar-refractivity contribution in [3.63, 3.8) is 0 Å². The van der Waals surface area contributed by atoms with Crippen molar-refractivity contribution in [2.24, 2.45) is 0 Å². The first kappa shape index (κ1) is 14.9. The summed E-state index contributed by atoms with van der Waals surface area (Å²) in [5, 5.41) is 3.29. The maximum Gasteiger partial charge on any atom is 0.247 e. The molecule has 2 aliphatic carbocycles. The first-order valence-electron chi connectivity index (χ1n) is 9.10. The van der Waals surface area contributed by atoms with E-state index in [1.165, 1.54) is 36.9 Å². The predicted molar refractivity (Wildman–Crippen MR) is 92.3 cm³/mol. The van der Waals surface area contributed by atoms with Crippen LogP contribution in [0.5, 0.6) is 0 Å². The maximum atomic E-state index is 12.3. The monoisotopic (exact) mass is 310 g/mol. The molecule has 0 bridgehead atoms. The maximum absolute atomic E-state index is 12.3. The Kier molecular flexibility index (Phi) is 4.21. The molecule has 3 nitrogen and oxygen atoms in total. The quantitative estimate of drug-likeness (QED) is 0.931. The molecule has 1 aromatic carbocycles. The van der Waals surface area contributed by atoms with Crippen LogP contribution in [0.2, 0.25) is 0 Å². The van der Waals surface area contributed by atoms with Gasteiger partial charge >= 0.3 is 0 Å². The number of hydrogen-bond donors (Lipinski definition) is 1. The summed E-state index contributed by atoms with van der Waals surface area (Å²) in [7, 11) is 0. The van der Waals surface area contributed by atoms with Crippen molar-refractivity contribution in [1.29, 1.82) is 0 Å². The summed E-state index contributed by atoms with van der Waals surface area (Å²) in [4.78, 5) is 14.9. The van der Waals surface area contributed by atoms with Gasteiger partial charge in [-0.15, -0.1) is 0 Å². The van der Waals surface area contributed by atoms with E-state index in [1.54, 1.807) is 0 Å². The molecule has 3 heteroatoms. The molecule has 1 atom stereocenters. The molecule has 0 spiro atoms. The van der Waals surface area contributed by atoms with E-state index in [0.717, 1.165) is 37.8 Å². The van der Waals surface area contributed by atoms with Crippen molar-refractivity contribution >= 4 is 5.91 Å². The third kappa shape index (κ3) is 3.20. The second-order valence-electron chi connectivity index (χ2n) is 7.26. The van der Waals surface area contributed by atoms with Gasteiger partial charge < -0.3 is 5.32 Å². The molecule has 1 aromatic rings. The second kappa shape index (κ2) is 6.48. The highest BCUT2D eigenvalue weighted by Gasteiger charge is 2.31. The van der Waals surface area contributed by atoms with Crippen LogP contribution in [0.3, 0.4) is 0 Å². The fraction of sp³-hybridized carbons (Fsp3) is 0.550. The van der Waals surface area contributed by atoms with Crippen LogP contribution >= 0.6 is 0 Å². The summed E-state index contributed by atoms with van der Waals surface area (Å²) in [6, 6.07) is 9.78. The molecule has 0 unspecified atom stereocenters. The van der Waals surface area contributed by atoms with Gasteiger partial charge in [-0.3, -0.25) is 9.69 Å². The van der Waals surface area contributed by atoms with Gasteiger partial charge in [-0.2, -0.15) is 0 Å². The van der Waals surface area contributed by atoms with Gasteiger partial charge in [0.25, 0.3) is 0 Å². The van der Waals surface area contributed by atoms with Crippen LogP contribution in [0, 0.1) is 0 Å². The van der Waals surface area contributed by atoms with E-state index in [1.807, 2.05) is 0 Å². The number of carbonyl (C=O) groups excluding carboxylic acids is 1. The minimum Gasteiger partial charge on any atom is -0.348 e. The van der Waals surface area contributed by atoms with Gasteiger partial charge in [-0.05, 0) is 62.6 Å². The average Bonchev–Trinajstić information content (AvgIpc) is 3.24. The van der Waals surface area contributed by atoms with Crippen LogP contribution in [-0.4, -0.2) is 36.0 Å². The molecule has 1 amide bonds. The summed E-state index contributed by atoms with van der Waals surface area (Å²) >= 11 is 0. The van der Waals surface area contributed by atoms with E-state index in [0.29, 0.717) is 12.1 Å². The van der Waals surface area contributed by atoms with Gasteiger partial charge in [0.1, 0.15) is 0 Å². The van der Waals surface area contributed by atoms with E-state index in [2.05, 4.69) is 40.6 Å². The molecule has 0 radical (unpaired) electrons. The summed E-state index contributed by atoms with van der Waals surface area (Å²) in [6.45, 7) is 2.19. The second-order valence-corrected chi connectivity index (χ2v) is 7.26. The van der Waals surface area contributed by atoms with Gasteiger partial charge in [0, 0.05) is 24.2 Å². The number of fused-ring (bicyclic) bond motifs is 1.